The molecule has 1 atom stereocenters. The molecule has 0 N–H and O–H groups in total. The first-order valence-electron chi connectivity index (χ1n) is 8.90. The molecule has 5 nitrogen and oxygen atoms in total. The van der Waals surface area contributed by atoms with Crippen LogP contribution in [0.3, 0.4) is 0 Å². The summed E-state index contributed by atoms with van der Waals surface area (Å²) in [7, 11) is 0. The average Bonchev–Trinajstić information content (AvgIpc) is 2.66. The molecule has 1 heterocycles. The largest absolute Gasteiger partial charge is 0.484 e. The van der Waals surface area contributed by atoms with Gasteiger partial charge in [0.15, 0.2) is 6.61 Å². The van der Waals surface area contributed by atoms with Crippen LogP contribution in [0.25, 0.3) is 0 Å². The number of aryl methyl sites for hydroxylation is 1. The van der Waals surface area contributed by atoms with Gasteiger partial charge >= 0.3 is 5.97 Å². The lowest BCUT2D eigenvalue weighted by molar-refractivity contribution is -0.121. The van der Waals surface area contributed by atoms with Crippen molar-refractivity contribution < 1.29 is 19.1 Å². The Morgan fingerprint density at radius 1 is 1.12 bits per heavy atom. The number of hydrogen-bond donors (Lipinski definition) is 0. The molecule has 2 aromatic rings. The second kappa shape index (κ2) is 8.04. The normalized spacial score (nSPS) is 15.9. The number of hydrogen-bond acceptors (Lipinski definition) is 4. The summed E-state index contributed by atoms with van der Waals surface area (Å²) in [5, 5.41) is 0. The Hall–Kier alpha value is -2.82. The van der Waals surface area contributed by atoms with Crippen LogP contribution in [0.1, 0.15) is 36.2 Å². The summed E-state index contributed by atoms with van der Waals surface area (Å²) >= 11 is 0. The Morgan fingerprint density at radius 2 is 1.85 bits per heavy atom. The van der Waals surface area contributed by atoms with Gasteiger partial charge in [0.05, 0.1) is 12.2 Å². The Labute approximate surface area is 153 Å². The average molecular weight is 353 g/mol. The van der Waals surface area contributed by atoms with Gasteiger partial charge in [0, 0.05) is 11.7 Å². The zero-order valence-electron chi connectivity index (χ0n) is 15.1. The van der Waals surface area contributed by atoms with Crippen molar-refractivity contribution in [2.75, 3.05) is 18.1 Å². The second-order valence-corrected chi connectivity index (χ2v) is 6.31. The Balaban J connectivity index is 1.65. The van der Waals surface area contributed by atoms with E-state index < -0.39 is 0 Å². The summed E-state index contributed by atoms with van der Waals surface area (Å²) in [6, 6.07) is 14.8. The van der Waals surface area contributed by atoms with Crippen LogP contribution in [-0.2, 0) is 16.0 Å². The molecular weight excluding hydrogens is 330 g/mol. The zero-order chi connectivity index (χ0) is 18.5. The third kappa shape index (κ3) is 3.87. The number of carbonyl (C=O) groups is 2. The highest BCUT2D eigenvalue weighted by atomic mass is 16.5. The molecule has 0 radical (unpaired) electrons. The van der Waals surface area contributed by atoms with Crippen molar-refractivity contribution in [2.24, 2.45) is 0 Å². The summed E-state index contributed by atoms with van der Waals surface area (Å²) in [6.07, 6.45) is 1.92. The van der Waals surface area contributed by atoms with Gasteiger partial charge in [-0.3, -0.25) is 4.79 Å². The molecule has 0 spiro atoms. The first-order valence-corrected chi connectivity index (χ1v) is 8.90. The fraction of sp³-hybridized carbons (Fsp3) is 0.333. The van der Waals surface area contributed by atoms with E-state index in [0.717, 1.165) is 18.5 Å². The van der Waals surface area contributed by atoms with Crippen LogP contribution >= 0.6 is 0 Å². The molecule has 5 heteroatoms. The molecule has 0 saturated carbocycles. The molecule has 1 aliphatic rings. The lowest BCUT2D eigenvalue weighted by Crippen LogP contribution is -2.44. The van der Waals surface area contributed by atoms with Gasteiger partial charge in [-0.2, -0.15) is 0 Å². The number of rotatable bonds is 5. The first-order chi connectivity index (χ1) is 12.6. The minimum absolute atomic E-state index is 0.0442. The lowest BCUT2D eigenvalue weighted by Gasteiger charge is -2.35. The first kappa shape index (κ1) is 18.0. The maximum absolute atomic E-state index is 12.7. The lowest BCUT2D eigenvalue weighted by atomic mass is 9.96. The molecule has 2 aromatic carbocycles. The van der Waals surface area contributed by atoms with Gasteiger partial charge in [-0.05, 0) is 62.6 Å². The SMILES string of the molecule is CCOC(=O)c1ccc(OCC(=O)N2c3ccccc3CCC2C)cc1. The third-order valence-corrected chi connectivity index (χ3v) is 4.52. The van der Waals surface area contributed by atoms with Crippen LogP contribution in [0.4, 0.5) is 5.69 Å². The van der Waals surface area contributed by atoms with E-state index in [-0.39, 0.29) is 24.5 Å². The van der Waals surface area contributed by atoms with Crippen molar-refractivity contribution >= 4 is 17.6 Å². The van der Waals surface area contributed by atoms with E-state index in [1.54, 1.807) is 31.2 Å². The van der Waals surface area contributed by atoms with E-state index in [2.05, 4.69) is 13.0 Å². The standard InChI is InChI=1S/C21H23NO4/c1-3-25-21(24)17-10-12-18(13-11-17)26-14-20(23)22-15(2)8-9-16-6-4-5-7-19(16)22/h4-7,10-13,15H,3,8-9,14H2,1-2H3. The number of nitrogens with zero attached hydrogens (tertiary/aromatic N) is 1. The van der Waals surface area contributed by atoms with Crippen LogP contribution < -0.4 is 9.64 Å². The van der Waals surface area contributed by atoms with Crippen LogP contribution in [0.5, 0.6) is 5.75 Å². The predicted molar refractivity (Wildman–Crippen MR) is 99.6 cm³/mol. The van der Waals surface area contributed by atoms with Gasteiger partial charge in [-0.1, -0.05) is 18.2 Å². The quantitative estimate of drug-likeness (QED) is 0.771. The van der Waals surface area contributed by atoms with E-state index in [1.807, 2.05) is 23.1 Å². The zero-order valence-corrected chi connectivity index (χ0v) is 15.1. The molecule has 0 aliphatic carbocycles. The maximum atomic E-state index is 12.7. The van der Waals surface area contributed by atoms with Crippen molar-refractivity contribution in [2.45, 2.75) is 32.7 Å². The highest BCUT2D eigenvalue weighted by molar-refractivity contribution is 5.96. The van der Waals surface area contributed by atoms with Crippen molar-refractivity contribution in [1.29, 1.82) is 0 Å². The molecule has 1 amide bonds. The molecule has 1 aliphatic heterocycles. The number of carbonyl (C=O) groups excluding carboxylic acids is 2. The molecule has 136 valence electrons. The number of benzene rings is 2. The number of ether oxygens (including phenoxy) is 2. The van der Waals surface area contributed by atoms with Crippen LogP contribution in [-0.4, -0.2) is 31.1 Å². The van der Waals surface area contributed by atoms with Crippen molar-refractivity contribution in [3.05, 3.63) is 59.7 Å². The summed E-state index contributed by atoms with van der Waals surface area (Å²) in [6.45, 7) is 4.11. The van der Waals surface area contributed by atoms with Crippen molar-refractivity contribution in [3.8, 4) is 5.75 Å². The number of esters is 1. The van der Waals surface area contributed by atoms with Gasteiger partial charge < -0.3 is 14.4 Å². The second-order valence-electron chi connectivity index (χ2n) is 6.31. The number of para-hydroxylation sites is 1. The van der Waals surface area contributed by atoms with Gasteiger partial charge in [-0.25, -0.2) is 4.79 Å². The Morgan fingerprint density at radius 3 is 2.58 bits per heavy atom. The number of fused-ring (bicyclic) bond motifs is 1. The monoisotopic (exact) mass is 353 g/mol. The Kier molecular flexibility index (Phi) is 5.56. The van der Waals surface area contributed by atoms with E-state index in [1.165, 1.54) is 5.56 Å². The van der Waals surface area contributed by atoms with Gasteiger partial charge in [0.2, 0.25) is 0 Å². The van der Waals surface area contributed by atoms with Crippen molar-refractivity contribution in [3.63, 3.8) is 0 Å². The topological polar surface area (TPSA) is 55.8 Å². The number of amides is 1. The van der Waals surface area contributed by atoms with E-state index in [0.29, 0.717) is 17.9 Å². The fourth-order valence-corrected chi connectivity index (χ4v) is 3.18. The van der Waals surface area contributed by atoms with Gasteiger partial charge in [-0.15, -0.1) is 0 Å². The van der Waals surface area contributed by atoms with Gasteiger partial charge in [0.1, 0.15) is 5.75 Å². The maximum Gasteiger partial charge on any atom is 0.338 e. The molecular formula is C21H23NO4. The van der Waals surface area contributed by atoms with Crippen molar-refractivity contribution in [1.82, 2.24) is 0 Å². The molecule has 3 rings (SSSR count). The van der Waals surface area contributed by atoms with Crippen LogP contribution in [0.15, 0.2) is 48.5 Å². The highest BCUT2D eigenvalue weighted by Crippen LogP contribution is 2.30. The molecule has 0 saturated heterocycles. The predicted octanol–water partition coefficient (Wildman–Crippen LogP) is 3.61. The van der Waals surface area contributed by atoms with Crippen LogP contribution in [0, 0.1) is 0 Å². The molecule has 0 aromatic heterocycles. The summed E-state index contributed by atoms with van der Waals surface area (Å²) < 4.78 is 10.6. The van der Waals surface area contributed by atoms with Gasteiger partial charge in [0.25, 0.3) is 5.91 Å². The molecule has 26 heavy (non-hydrogen) atoms. The van der Waals surface area contributed by atoms with E-state index in [4.69, 9.17) is 9.47 Å². The smallest absolute Gasteiger partial charge is 0.338 e. The Bertz CT molecular complexity index is 785. The minimum Gasteiger partial charge on any atom is -0.484 e. The number of anilines is 1. The summed E-state index contributed by atoms with van der Waals surface area (Å²) in [5.41, 5.74) is 2.62. The molecule has 1 unspecified atom stereocenters. The third-order valence-electron chi connectivity index (χ3n) is 4.52. The highest BCUT2D eigenvalue weighted by Gasteiger charge is 2.28. The fourth-order valence-electron chi connectivity index (χ4n) is 3.18. The van der Waals surface area contributed by atoms with Crippen LogP contribution in [0.2, 0.25) is 0 Å². The summed E-state index contributed by atoms with van der Waals surface area (Å²) in [4.78, 5) is 26.2. The summed E-state index contributed by atoms with van der Waals surface area (Å²) in [5.74, 6) is 0.109. The molecule has 0 bridgehead atoms. The van der Waals surface area contributed by atoms with E-state index >= 15 is 0 Å². The molecule has 0 fully saturated rings. The minimum atomic E-state index is -0.367. The van der Waals surface area contributed by atoms with E-state index in [9.17, 15) is 9.59 Å².